The lowest BCUT2D eigenvalue weighted by molar-refractivity contribution is -0.137. The zero-order valence-electron chi connectivity index (χ0n) is 15.9. The number of halogens is 3. The quantitative estimate of drug-likeness (QED) is 0.751. The first-order valence-corrected chi connectivity index (χ1v) is 9.27. The van der Waals surface area contributed by atoms with Gasteiger partial charge in [0.05, 0.1) is 11.3 Å². The zero-order chi connectivity index (χ0) is 20.3. The Morgan fingerprint density at radius 3 is 2.50 bits per heavy atom. The third kappa shape index (κ3) is 5.03. The molecule has 1 amide bonds. The van der Waals surface area contributed by atoms with Gasteiger partial charge in [0, 0.05) is 13.1 Å². The van der Waals surface area contributed by atoms with Crippen molar-refractivity contribution in [2.24, 2.45) is 11.8 Å². The van der Waals surface area contributed by atoms with Crippen molar-refractivity contribution in [3.05, 3.63) is 59.4 Å². The van der Waals surface area contributed by atoms with E-state index in [9.17, 15) is 18.0 Å². The number of benzene rings is 1. The number of alkyl halides is 3. The van der Waals surface area contributed by atoms with Crippen molar-refractivity contribution in [1.29, 1.82) is 0 Å². The smallest absolute Gasteiger partial charge is 0.416 e. The third-order valence-corrected chi connectivity index (χ3v) is 4.73. The molecular weight excluding hydrogens is 369 g/mol. The van der Waals surface area contributed by atoms with Crippen LogP contribution in [0.1, 0.15) is 42.0 Å². The fraction of sp³-hybridized carbons (Fsp3) is 0.429. The first kappa shape index (κ1) is 20.2. The second-order valence-electron chi connectivity index (χ2n) is 7.48. The maximum atomic E-state index is 12.8. The van der Waals surface area contributed by atoms with Gasteiger partial charge in [0.25, 0.3) is 5.91 Å². The summed E-state index contributed by atoms with van der Waals surface area (Å²) < 4.78 is 43.8. The Morgan fingerprint density at radius 2 is 1.82 bits per heavy atom. The van der Waals surface area contributed by atoms with Crippen LogP contribution >= 0.6 is 0 Å². The number of carbonyl (C=O) groups excluding carboxylic acids is 1. The van der Waals surface area contributed by atoms with Gasteiger partial charge >= 0.3 is 6.18 Å². The molecule has 2 atom stereocenters. The Labute approximate surface area is 162 Å². The van der Waals surface area contributed by atoms with Crippen LogP contribution in [0.2, 0.25) is 0 Å². The monoisotopic (exact) mass is 392 g/mol. The summed E-state index contributed by atoms with van der Waals surface area (Å²) in [4.78, 5) is 18.9. The molecule has 4 nitrogen and oxygen atoms in total. The van der Waals surface area contributed by atoms with Gasteiger partial charge in [-0.2, -0.15) is 13.2 Å². The maximum Gasteiger partial charge on any atom is 0.416 e. The summed E-state index contributed by atoms with van der Waals surface area (Å²) in [5, 5.41) is 0. The van der Waals surface area contributed by atoms with Gasteiger partial charge in [-0.05, 0) is 48.6 Å². The van der Waals surface area contributed by atoms with Crippen molar-refractivity contribution in [3.8, 4) is 5.75 Å². The van der Waals surface area contributed by atoms with Gasteiger partial charge in [0.1, 0.15) is 18.1 Å². The van der Waals surface area contributed by atoms with Crippen molar-refractivity contribution in [2.75, 3.05) is 13.1 Å². The lowest BCUT2D eigenvalue weighted by atomic mass is 9.92. The SMILES string of the molecule is CC1CC(C)CN(C(=O)c2cccc(COc3cccc(C(F)(F)F)c3)n2)C1. The number of amides is 1. The molecule has 28 heavy (non-hydrogen) atoms. The Hall–Kier alpha value is -2.57. The second kappa shape index (κ2) is 8.20. The second-order valence-corrected chi connectivity index (χ2v) is 7.48. The minimum Gasteiger partial charge on any atom is -0.487 e. The summed E-state index contributed by atoms with van der Waals surface area (Å²) in [6.07, 6.45) is -3.32. The van der Waals surface area contributed by atoms with E-state index in [0.29, 0.717) is 36.3 Å². The van der Waals surface area contributed by atoms with Crippen molar-refractivity contribution >= 4 is 5.91 Å². The van der Waals surface area contributed by atoms with Gasteiger partial charge in [-0.25, -0.2) is 4.98 Å². The van der Waals surface area contributed by atoms with Crippen LogP contribution in [-0.4, -0.2) is 28.9 Å². The summed E-state index contributed by atoms with van der Waals surface area (Å²) in [5.74, 6) is 0.867. The average Bonchev–Trinajstić information content (AvgIpc) is 2.65. The average molecular weight is 392 g/mol. The molecule has 0 saturated carbocycles. The van der Waals surface area contributed by atoms with Crippen LogP contribution in [0.15, 0.2) is 42.5 Å². The third-order valence-electron chi connectivity index (χ3n) is 4.73. The van der Waals surface area contributed by atoms with Gasteiger partial charge in [0.2, 0.25) is 0 Å². The summed E-state index contributed by atoms with van der Waals surface area (Å²) >= 11 is 0. The molecule has 0 radical (unpaired) electrons. The molecule has 0 N–H and O–H groups in total. The predicted molar refractivity (Wildman–Crippen MR) is 98.9 cm³/mol. The van der Waals surface area contributed by atoms with Crippen molar-refractivity contribution < 1.29 is 22.7 Å². The van der Waals surface area contributed by atoms with E-state index in [2.05, 4.69) is 18.8 Å². The first-order valence-electron chi connectivity index (χ1n) is 9.27. The molecule has 3 rings (SSSR count). The van der Waals surface area contributed by atoms with Crippen LogP contribution in [0.5, 0.6) is 5.75 Å². The molecule has 0 aliphatic carbocycles. The molecule has 0 bridgehead atoms. The fourth-order valence-electron chi connectivity index (χ4n) is 3.59. The van der Waals surface area contributed by atoms with Crippen LogP contribution in [0, 0.1) is 11.8 Å². The highest BCUT2D eigenvalue weighted by Crippen LogP contribution is 2.31. The van der Waals surface area contributed by atoms with Gasteiger partial charge < -0.3 is 9.64 Å². The van der Waals surface area contributed by atoms with Crippen LogP contribution in [0.25, 0.3) is 0 Å². The number of pyridine rings is 1. The van der Waals surface area contributed by atoms with E-state index in [0.717, 1.165) is 18.6 Å². The Kier molecular flexibility index (Phi) is 5.91. The van der Waals surface area contributed by atoms with Crippen molar-refractivity contribution in [3.63, 3.8) is 0 Å². The van der Waals surface area contributed by atoms with Crippen molar-refractivity contribution in [2.45, 2.75) is 33.1 Å². The highest BCUT2D eigenvalue weighted by molar-refractivity contribution is 5.92. The minimum atomic E-state index is -4.42. The maximum absolute atomic E-state index is 12.8. The largest absolute Gasteiger partial charge is 0.487 e. The molecule has 2 aromatic rings. The summed E-state index contributed by atoms with van der Waals surface area (Å²) in [7, 11) is 0. The molecule has 1 aliphatic heterocycles. The number of aromatic nitrogens is 1. The van der Waals surface area contributed by atoms with Crippen LogP contribution < -0.4 is 4.74 Å². The molecule has 2 unspecified atom stereocenters. The molecule has 1 aliphatic rings. The minimum absolute atomic E-state index is 0.0186. The van der Waals surface area contributed by atoms with E-state index in [4.69, 9.17) is 4.74 Å². The predicted octanol–water partition coefficient (Wildman–Crippen LogP) is 4.80. The topological polar surface area (TPSA) is 42.4 Å². The highest BCUT2D eigenvalue weighted by Gasteiger charge is 2.30. The molecule has 2 heterocycles. The van der Waals surface area contributed by atoms with Crippen LogP contribution in [0.3, 0.4) is 0 Å². The number of rotatable bonds is 4. The summed E-state index contributed by atoms with van der Waals surface area (Å²) in [5.41, 5.74) is 0.0445. The number of hydrogen-bond acceptors (Lipinski definition) is 3. The van der Waals surface area contributed by atoms with E-state index in [1.807, 2.05) is 4.90 Å². The molecule has 1 aromatic heterocycles. The number of hydrogen-bond donors (Lipinski definition) is 0. The van der Waals surface area contributed by atoms with E-state index < -0.39 is 11.7 Å². The number of piperidine rings is 1. The number of ether oxygens (including phenoxy) is 1. The number of nitrogens with zero attached hydrogens (tertiary/aromatic N) is 2. The normalized spacial score (nSPS) is 20.1. The van der Waals surface area contributed by atoms with Gasteiger partial charge in [0.15, 0.2) is 0 Å². The van der Waals surface area contributed by atoms with Crippen molar-refractivity contribution in [1.82, 2.24) is 9.88 Å². The van der Waals surface area contributed by atoms with E-state index in [1.165, 1.54) is 12.1 Å². The standard InChI is InChI=1S/C21H23F3N2O2/c1-14-9-15(2)12-26(11-14)20(27)19-8-4-6-17(25-19)13-28-18-7-3-5-16(10-18)21(22,23)24/h3-8,10,14-15H,9,11-13H2,1-2H3. The molecule has 1 aromatic carbocycles. The Bertz CT molecular complexity index is 828. The van der Waals surface area contributed by atoms with E-state index in [1.54, 1.807) is 18.2 Å². The van der Waals surface area contributed by atoms with Crippen LogP contribution in [-0.2, 0) is 12.8 Å². The lowest BCUT2D eigenvalue weighted by Gasteiger charge is -2.34. The molecule has 1 fully saturated rings. The van der Waals surface area contributed by atoms with E-state index in [-0.39, 0.29) is 18.3 Å². The van der Waals surface area contributed by atoms with Crippen LogP contribution in [0.4, 0.5) is 13.2 Å². The first-order chi connectivity index (χ1) is 13.2. The highest BCUT2D eigenvalue weighted by atomic mass is 19.4. The fourth-order valence-corrected chi connectivity index (χ4v) is 3.59. The molecule has 7 heteroatoms. The molecular formula is C21H23F3N2O2. The van der Waals surface area contributed by atoms with Gasteiger partial charge in [-0.15, -0.1) is 0 Å². The van der Waals surface area contributed by atoms with Gasteiger partial charge in [-0.3, -0.25) is 4.79 Å². The Balaban J connectivity index is 1.68. The summed E-state index contributed by atoms with van der Waals surface area (Å²) in [6, 6.07) is 9.75. The van der Waals surface area contributed by atoms with E-state index >= 15 is 0 Å². The number of likely N-dealkylation sites (tertiary alicyclic amines) is 1. The molecule has 0 spiro atoms. The molecule has 1 saturated heterocycles. The van der Waals surface area contributed by atoms with Gasteiger partial charge in [-0.1, -0.05) is 26.0 Å². The number of carbonyl (C=O) groups is 1. The summed E-state index contributed by atoms with van der Waals surface area (Å²) in [6.45, 7) is 5.65. The Morgan fingerprint density at radius 1 is 1.14 bits per heavy atom. The zero-order valence-corrected chi connectivity index (χ0v) is 15.9. The lowest BCUT2D eigenvalue weighted by Crippen LogP contribution is -2.42. The molecule has 150 valence electrons.